The number of hydrogen-bond acceptors (Lipinski definition) is 5. The van der Waals surface area contributed by atoms with Crippen molar-refractivity contribution in [2.24, 2.45) is 0 Å². The lowest BCUT2D eigenvalue weighted by Crippen LogP contribution is -2.36. The summed E-state index contributed by atoms with van der Waals surface area (Å²) in [5.74, 6) is 0. The highest BCUT2D eigenvalue weighted by Crippen LogP contribution is 2.28. The molecule has 1 aromatic carbocycles. The van der Waals surface area contributed by atoms with Crippen molar-refractivity contribution in [1.29, 1.82) is 0 Å². The molecule has 21 heavy (non-hydrogen) atoms. The zero-order valence-corrected chi connectivity index (χ0v) is 12.8. The highest BCUT2D eigenvalue weighted by Gasteiger charge is 2.18. The minimum absolute atomic E-state index is 0.472. The predicted octanol–water partition coefficient (Wildman–Crippen LogP) is 2.45. The normalized spacial score (nSPS) is 15.7. The van der Waals surface area contributed by atoms with E-state index in [1.807, 2.05) is 26.8 Å². The molecule has 116 valence electrons. The molecule has 0 radical (unpaired) electrons. The fourth-order valence-corrected chi connectivity index (χ4v) is 2.12. The zero-order chi connectivity index (χ0) is 15.5. The SMILES string of the molecule is CC(C)(C)OC(=O)Nc1ccc(N)c(N2CCOCC2)c1. The van der Waals surface area contributed by atoms with E-state index in [-0.39, 0.29) is 0 Å². The fourth-order valence-electron chi connectivity index (χ4n) is 2.12. The van der Waals surface area contributed by atoms with Crippen molar-refractivity contribution in [3.8, 4) is 0 Å². The van der Waals surface area contributed by atoms with E-state index < -0.39 is 11.7 Å². The van der Waals surface area contributed by atoms with E-state index in [4.69, 9.17) is 15.2 Å². The first kappa shape index (κ1) is 15.4. The topological polar surface area (TPSA) is 76.8 Å². The number of nitrogens with zero attached hydrogens (tertiary/aromatic N) is 1. The third-order valence-electron chi connectivity index (χ3n) is 3.03. The lowest BCUT2D eigenvalue weighted by molar-refractivity contribution is 0.0636. The highest BCUT2D eigenvalue weighted by atomic mass is 16.6. The van der Waals surface area contributed by atoms with Gasteiger partial charge < -0.3 is 20.1 Å². The Hall–Kier alpha value is -1.95. The summed E-state index contributed by atoms with van der Waals surface area (Å²) < 4.78 is 10.6. The second-order valence-electron chi connectivity index (χ2n) is 6.00. The van der Waals surface area contributed by atoms with Crippen LogP contribution in [0.2, 0.25) is 0 Å². The van der Waals surface area contributed by atoms with Gasteiger partial charge in [-0.15, -0.1) is 0 Å². The van der Waals surface area contributed by atoms with Crippen LogP contribution in [0.3, 0.4) is 0 Å². The maximum Gasteiger partial charge on any atom is 0.412 e. The second-order valence-corrected chi connectivity index (χ2v) is 6.00. The number of amides is 1. The Morgan fingerprint density at radius 1 is 1.33 bits per heavy atom. The third-order valence-corrected chi connectivity index (χ3v) is 3.03. The Balaban J connectivity index is 2.09. The van der Waals surface area contributed by atoms with E-state index in [2.05, 4.69) is 10.2 Å². The number of ether oxygens (including phenoxy) is 2. The maximum atomic E-state index is 11.8. The monoisotopic (exact) mass is 293 g/mol. The van der Waals surface area contributed by atoms with Crippen LogP contribution in [0.1, 0.15) is 20.8 Å². The Morgan fingerprint density at radius 2 is 2.00 bits per heavy atom. The summed E-state index contributed by atoms with van der Waals surface area (Å²) in [6.07, 6.45) is -0.472. The lowest BCUT2D eigenvalue weighted by Gasteiger charge is -2.30. The molecule has 1 fully saturated rings. The fraction of sp³-hybridized carbons (Fsp3) is 0.533. The third kappa shape index (κ3) is 4.53. The van der Waals surface area contributed by atoms with Crippen molar-refractivity contribution in [2.45, 2.75) is 26.4 Å². The quantitative estimate of drug-likeness (QED) is 0.819. The van der Waals surface area contributed by atoms with Crippen LogP contribution in [0.15, 0.2) is 18.2 Å². The summed E-state index contributed by atoms with van der Waals surface area (Å²) in [5.41, 5.74) is 7.77. The van der Waals surface area contributed by atoms with Gasteiger partial charge in [0.15, 0.2) is 0 Å². The molecule has 1 aromatic rings. The number of carbonyl (C=O) groups excluding carboxylic acids is 1. The number of rotatable bonds is 2. The molecule has 6 heteroatoms. The summed E-state index contributed by atoms with van der Waals surface area (Å²) in [7, 11) is 0. The number of carbonyl (C=O) groups is 1. The van der Waals surface area contributed by atoms with Crippen LogP contribution in [0.5, 0.6) is 0 Å². The molecule has 1 heterocycles. The van der Waals surface area contributed by atoms with Gasteiger partial charge in [0, 0.05) is 18.8 Å². The van der Waals surface area contributed by atoms with Gasteiger partial charge in [0.05, 0.1) is 24.6 Å². The number of nitrogen functional groups attached to an aromatic ring is 1. The Kier molecular flexibility index (Phi) is 4.57. The van der Waals surface area contributed by atoms with Gasteiger partial charge in [0.25, 0.3) is 0 Å². The zero-order valence-electron chi connectivity index (χ0n) is 12.8. The van der Waals surface area contributed by atoms with Crippen LogP contribution in [0.4, 0.5) is 21.9 Å². The van der Waals surface area contributed by atoms with Crippen molar-refractivity contribution in [2.75, 3.05) is 42.3 Å². The largest absolute Gasteiger partial charge is 0.444 e. The molecule has 2 rings (SSSR count). The molecule has 1 aliphatic rings. The van der Waals surface area contributed by atoms with Crippen LogP contribution in [-0.4, -0.2) is 38.0 Å². The molecule has 1 saturated heterocycles. The Labute approximate surface area is 125 Å². The minimum Gasteiger partial charge on any atom is -0.444 e. The van der Waals surface area contributed by atoms with Gasteiger partial charge in [0.1, 0.15) is 5.60 Å². The van der Waals surface area contributed by atoms with Gasteiger partial charge in [-0.25, -0.2) is 4.79 Å². The van der Waals surface area contributed by atoms with Crippen LogP contribution in [0.25, 0.3) is 0 Å². The van der Waals surface area contributed by atoms with Crippen molar-refractivity contribution in [3.63, 3.8) is 0 Å². The second kappa shape index (κ2) is 6.22. The first-order valence-electron chi connectivity index (χ1n) is 7.07. The molecular weight excluding hydrogens is 270 g/mol. The highest BCUT2D eigenvalue weighted by molar-refractivity contribution is 5.87. The van der Waals surface area contributed by atoms with E-state index >= 15 is 0 Å². The van der Waals surface area contributed by atoms with E-state index in [1.165, 1.54) is 0 Å². The summed E-state index contributed by atoms with van der Waals surface area (Å²) in [5, 5.41) is 2.73. The molecule has 0 saturated carbocycles. The number of hydrogen-bond donors (Lipinski definition) is 2. The molecule has 0 unspecified atom stereocenters. The average Bonchev–Trinajstić information content (AvgIpc) is 2.40. The van der Waals surface area contributed by atoms with Gasteiger partial charge in [-0.1, -0.05) is 0 Å². The minimum atomic E-state index is -0.523. The molecule has 0 atom stereocenters. The van der Waals surface area contributed by atoms with Crippen LogP contribution < -0.4 is 16.0 Å². The summed E-state index contributed by atoms with van der Waals surface area (Å²) in [6, 6.07) is 5.42. The standard InChI is InChI=1S/C15H23N3O3/c1-15(2,3)21-14(19)17-11-4-5-12(16)13(10-11)18-6-8-20-9-7-18/h4-5,10H,6-9,16H2,1-3H3,(H,17,19). The molecule has 0 aliphatic carbocycles. The Bertz CT molecular complexity index is 505. The van der Waals surface area contributed by atoms with Gasteiger partial charge in [-0.05, 0) is 39.0 Å². The van der Waals surface area contributed by atoms with Crippen LogP contribution >= 0.6 is 0 Å². The van der Waals surface area contributed by atoms with Crippen molar-refractivity contribution < 1.29 is 14.3 Å². The van der Waals surface area contributed by atoms with E-state index in [0.29, 0.717) is 24.6 Å². The number of benzene rings is 1. The molecule has 3 N–H and O–H groups in total. The first-order valence-corrected chi connectivity index (χ1v) is 7.07. The van der Waals surface area contributed by atoms with Crippen LogP contribution in [0, 0.1) is 0 Å². The number of nitrogens with two attached hydrogens (primary N) is 1. The molecule has 6 nitrogen and oxygen atoms in total. The lowest BCUT2D eigenvalue weighted by atomic mass is 10.2. The predicted molar refractivity (Wildman–Crippen MR) is 83.7 cm³/mol. The number of nitrogens with one attached hydrogen (secondary N) is 1. The van der Waals surface area contributed by atoms with Crippen molar-refractivity contribution in [3.05, 3.63) is 18.2 Å². The van der Waals surface area contributed by atoms with Gasteiger partial charge in [-0.2, -0.15) is 0 Å². The van der Waals surface area contributed by atoms with Crippen molar-refractivity contribution in [1.82, 2.24) is 0 Å². The van der Waals surface area contributed by atoms with Gasteiger partial charge in [0.2, 0.25) is 0 Å². The molecule has 0 aromatic heterocycles. The van der Waals surface area contributed by atoms with E-state index in [9.17, 15) is 4.79 Å². The summed E-state index contributed by atoms with van der Waals surface area (Å²) in [4.78, 5) is 14.0. The number of anilines is 3. The molecule has 0 bridgehead atoms. The molecule has 1 aliphatic heterocycles. The molecule has 1 amide bonds. The first-order chi connectivity index (χ1) is 9.85. The van der Waals surface area contributed by atoms with Crippen molar-refractivity contribution >= 4 is 23.2 Å². The Morgan fingerprint density at radius 3 is 2.62 bits per heavy atom. The maximum absolute atomic E-state index is 11.8. The number of morpholine rings is 1. The summed E-state index contributed by atoms with van der Waals surface area (Å²) >= 11 is 0. The van der Waals surface area contributed by atoms with E-state index in [0.717, 1.165) is 18.8 Å². The van der Waals surface area contributed by atoms with Crippen LogP contribution in [-0.2, 0) is 9.47 Å². The van der Waals surface area contributed by atoms with Gasteiger partial charge in [-0.3, -0.25) is 5.32 Å². The smallest absolute Gasteiger partial charge is 0.412 e. The van der Waals surface area contributed by atoms with Gasteiger partial charge >= 0.3 is 6.09 Å². The molecule has 0 spiro atoms. The average molecular weight is 293 g/mol. The summed E-state index contributed by atoms with van der Waals surface area (Å²) in [6.45, 7) is 8.44. The molecular formula is C15H23N3O3. The van der Waals surface area contributed by atoms with E-state index in [1.54, 1.807) is 12.1 Å².